The topological polar surface area (TPSA) is 113 Å². The predicted molar refractivity (Wildman–Crippen MR) is 175 cm³/mol. The number of nitro benzene ring substituents is 1. The zero-order chi connectivity index (χ0) is 30.1. The van der Waals surface area contributed by atoms with Gasteiger partial charge in [-0.05, 0) is 71.4 Å². The Bertz CT molecular complexity index is 1570. The number of nitro groups is 1. The summed E-state index contributed by atoms with van der Waals surface area (Å²) in [6.07, 6.45) is 2.20. The number of thioether (sulfide) groups is 1. The summed E-state index contributed by atoms with van der Waals surface area (Å²) < 4.78 is 0. The van der Waals surface area contributed by atoms with Crippen molar-refractivity contribution in [3.63, 3.8) is 0 Å². The van der Waals surface area contributed by atoms with Crippen LogP contribution in [0.3, 0.4) is 0 Å². The maximum atomic E-state index is 13.5. The van der Waals surface area contributed by atoms with E-state index in [0.29, 0.717) is 42.1 Å². The van der Waals surface area contributed by atoms with Crippen LogP contribution in [-0.4, -0.2) is 58.8 Å². The third-order valence-electron chi connectivity index (χ3n) is 6.99. The number of hydrogen-bond donors (Lipinski definition) is 2. The number of nitrogens with zero attached hydrogens (tertiary/aromatic N) is 2. The molecule has 1 amide bonds. The molecule has 0 aromatic heterocycles. The van der Waals surface area contributed by atoms with Gasteiger partial charge in [-0.3, -0.25) is 14.9 Å². The van der Waals surface area contributed by atoms with Gasteiger partial charge in [0, 0.05) is 24.7 Å². The molecule has 0 heterocycles. The fourth-order valence-electron chi connectivity index (χ4n) is 4.85. The summed E-state index contributed by atoms with van der Waals surface area (Å²) in [6, 6.07) is 28.5. The Morgan fingerprint density at radius 3 is 2.23 bits per heavy atom. The fourth-order valence-corrected chi connectivity index (χ4v) is 5.32. The molecule has 8 nitrogen and oxygen atoms in total. The van der Waals surface area contributed by atoms with Crippen molar-refractivity contribution in [2.24, 2.45) is 0 Å². The molecule has 0 unspecified atom stereocenters. The van der Waals surface area contributed by atoms with Crippen molar-refractivity contribution in [2.75, 3.05) is 16.9 Å². The maximum absolute atomic E-state index is 13.5. The molecular weight excluding hydrogens is 557 g/mol. The van der Waals surface area contributed by atoms with E-state index in [9.17, 15) is 24.8 Å². The molecule has 0 saturated carbocycles. The van der Waals surface area contributed by atoms with E-state index >= 15 is 0 Å². The third-order valence-corrected chi connectivity index (χ3v) is 7.63. The van der Waals surface area contributed by atoms with Crippen LogP contribution < -0.4 is 10.2 Å². The number of hydrogen-bond acceptors (Lipinski definition) is 6. The fraction of sp³-hybridized carbons (Fsp3) is 0.212. The van der Waals surface area contributed by atoms with E-state index in [2.05, 4.69) is 5.32 Å². The van der Waals surface area contributed by atoms with Gasteiger partial charge < -0.3 is 15.3 Å². The van der Waals surface area contributed by atoms with E-state index in [0.717, 1.165) is 22.3 Å². The first-order chi connectivity index (χ1) is 20.3. The van der Waals surface area contributed by atoms with Crippen LogP contribution >= 0.6 is 11.8 Å². The summed E-state index contributed by atoms with van der Waals surface area (Å²) in [5.74, 6) is -0.940. The summed E-state index contributed by atoms with van der Waals surface area (Å²) in [4.78, 5) is 38.8. The second kappa shape index (κ2) is 16.0. The third kappa shape index (κ3) is 8.74. The molecule has 0 aliphatic carbocycles. The number of benzene rings is 4. The quantitative estimate of drug-likeness (QED) is 0.110. The van der Waals surface area contributed by atoms with Crippen molar-refractivity contribution in [1.29, 1.82) is 0 Å². The molecule has 0 fully saturated rings. The summed E-state index contributed by atoms with van der Waals surface area (Å²) in [5, 5.41) is 24.3. The number of nitrogens with one attached hydrogen (secondary N) is 1. The van der Waals surface area contributed by atoms with Crippen LogP contribution in [0.4, 0.5) is 11.4 Å². The first kappa shape index (κ1) is 33.5. The van der Waals surface area contributed by atoms with Crippen LogP contribution in [0.15, 0.2) is 97.1 Å². The number of carboxylic acids is 1. The van der Waals surface area contributed by atoms with Crippen LogP contribution in [0.5, 0.6) is 0 Å². The second-order valence-electron chi connectivity index (χ2n) is 9.93. The number of carboxylic acid groups (broad SMARTS) is 1. The van der Waals surface area contributed by atoms with Crippen molar-refractivity contribution >= 4 is 53.9 Å². The molecule has 4 aromatic carbocycles. The van der Waals surface area contributed by atoms with Crippen LogP contribution in [-0.2, 0) is 17.9 Å². The van der Waals surface area contributed by atoms with Gasteiger partial charge in [0.05, 0.1) is 4.92 Å². The number of aryl methyl sites for hydroxylation is 1. The molecule has 4 rings (SSSR count). The Balaban J connectivity index is 0.00000506. The average Bonchev–Trinajstić information content (AvgIpc) is 2.99. The van der Waals surface area contributed by atoms with E-state index in [1.807, 2.05) is 84.8 Å². The molecule has 0 aliphatic heterocycles. The molecule has 2 N–H and O–H groups in total. The molecule has 4 aromatic rings. The molecule has 218 valence electrons. The Hall–Kier alpha value is -4.03. The monoisotopic (exact) mass is 591 g/mol. The van der Waals surface area contributed by atoms with Crippen molar-refractivity contribution in [1.82, 2.24) is 5.32 Å². The van der Waals surface area contributed by atoms with E-state index < -0.39 is 17.9 Å². The zero-order valence-electron chi connectivity index (χ0n) is 23.5. The van der Waals surface area contributed by atoms with Gasteiger partial charge in [-0.2, -0.15) is 11.8 Å². The Morgan fingerprint density at radius 1 is 0.907 bits per heavy atom. The number of para-hydroxylation sites is 2. The number of amides is 1. The molecular formula is C33H34LiN3O5S. The molecule has 0 aliphatic rings. The first-order valence-electron chi connectivity index (χ1n) is 13.5. The standard InChI is InChI=1S/C33H33N3O5S.Li.H/c1-23-10-6-7-13-26(23)28-20-25(16-17-27(28)32(37)34-29(33(38)39)18-19-42-2)22-35(21-24-11-4-3-5-12-24)30-14-8-9-15-31(30)36(40)41;;/h3-17,20,29H,18-19,21-22H2,1-2H3,(H,34,37)(H,38,39);;/t29-;;/m0../s1. The van der Waals surface area contributed by atoms with E-state index in [-0.39, 0.29) is 29.5 Å². The molecule has 1 atom stereocenters. The summed E-state index contributed by atoms with van der Waals surface area (Å²) in [5.41, 5.74) is 5.17. The van der Waals surface area contributed by atoms with Crippen LogP contribution in [0.1, 0.15) is 33.5 Å². The normalized spacial score (nSPS) is 11.2. The number of carbonyl (C=O) groups excluding carboxylic acids is 1. The Labute approximate surface area is 267 Å². The van der Waals surface area contributed by atoms with Gasteiger partial charge in [0.2, 0.25) is 0 Å². The minimum absolute atomic E-state index is 0. The van der Waals surface area contributed by atoms with Crippen LogP contribution in [0, 0.1) is 17.0 Å². The van der Waals surface area contributed by atoms with Crippen LogP contribution in [0.25, 0.3) is 11.1 Å². The molecule has 0 bridgehead atoms. The Kier molecular flexibility index (Phi) is 12.4. The van der Waals surface area contributed by atoms with Gasteiger partial charge in [-0.15, -0.1) is 0 Å². The molecule has 43 heavy (non-hydrogen) atoms. The molecule has 0 spiro atoms. The summed E-state index contributed by atoms with van der Waals surface area (Å²) in [6.45, 7) is 2.73. The van der Waals surface area contributed by atoms with Gasteiger partial charge in [-0.1, -0.05) is 72.8 Å². The van der Waals surface area contributed by atoms with E-state index in [1.54, 1.807) is 24.3 Å². The molecule has 10 heteroatoms. The van der Waals surface area contributed by atoms with Crippen molar-refractivity contribution in [2.45, 2.75) is 32.5 Å². The number of anilines is 1. The van der Waals surface area contributed by atoms with Crippen molar-refractivity contribution in [3.8, 4) is 11.1 Å². The van der Waals surface area contributed by atoms with Crippen molar-refractivity contribution < 1.29 is 19.6 Å². The summed E-state index contributed by atoms with van der Waals surface area (Å²) in [7, 11) is 0. The molecule has 0 radical (unpaired) electrons. The minimum atomic E-state index is -1.08. The predicted octanol–water partition coefficient (Wildman–Crippen LogP) is 6.06. The van der Waals surface area contributed by atoms with E-state index in [4.69, 9.17) is 0 Å². The van der Waals surface area contributed by atoms with Gasteiger partial charge in [0.15, 0.2) is 0 Å². The van der Waals surface area contributed by atoms with Crippen LogP contribution in [0.2, 0.25) is 0 Å². The first-order valence-corrected chi connectivity index (χ1v) is 14.9. The van der Waals surface area contributed by atoms with Gasteiger partial charge in [0.25, 0.3) is 11.6 Å². The number of rotatable bonds is 13. The molecule has 0 saturated heterocycles. The van der Waals surface area contributed by atoms with Gasteiger partial charge in [-0.25, -0.2) is 4.79 Å². The second-order valence-corrected chi connectivity index (χ2v) is 10.9. The van der Waals surface area contributed by atoms with Crippen molar-refractivity contribution in [3.05, 3.63) is 129 Å². The number of carbonyl (C=O) groups is 2. The van der Waals surface area contributed by atoms with E-state index in [1.165, 1.54) is 17.8 Å². The average molecular weight is 592 g/mol. The zero-order valence-corrected chi connectivity index (χ0v) is 24.3. The summed E-state index contributed by atoms with van der Waals surface area (Å²) >= 11 is 1.52. The van der Waals surface area contributed by atoms with Gasteiger partial charge >= 0.3 is 24.8 Å². The van der Waals surface area contributed by atoms with Gasteiger partial charge in [0.1, 0.15) is 11.7 Å². The Morgan fingerprint density at radius 2 is 1.56 bits per heavy atom. The SMILES string of the molecule is CSCC[C@H](NC(=O)c1ccc(CN(Cc2ccccc2)c2ccccc2[N+](=O)[O-])cc1-c1ccccc1C)C(=O)O.[LiH]. The number of aliphatic carboxylic acids is 1.